The van der Waals surface area contributed by atoms with Crippen molar-refractivity contribution in [2.24, 2.45) is 11.8 Å². The summed E-state index contributed by atoms with van der Waals surface area (Å²) in [5, 5.41) is 0. The van der Waals surface area contributed by atoms with Crippen LogP contribution < -0.4 is 4.90 Å². The maximum Gasteiger partial charge on any atom is 0.414 e. The fourth-order valence-electron chi connectivity index (χ4n) is 6.72. The first-order valence-corrected chi connectivity index (χ1v) is 12.1. The number of amides is 1. The number of hydrogen-bond donors (Lipinski definition) is 0. The molecule has 3 fully saturated rings. The zero-order valence-electron chi connectivity index (χ0n) is 19.2. The van der Waals surface area contributed by atoms with Crippen LogP contribution in [0.5, 0.6) is 0 Å². The number of aryl methyl sites for hydroxylation is 1. The number of anilines is 1. The zero-order chi connectivity index (χ0) is 21.1. The summed E-state index contributed by atoms with van der Waals surface area (Å²) < 4.78 is 5.76. The Morgan fingerprint density at radius 1 is 1.13 bits per heavy atom. The Bertz CT molecular complexity index is 819. The van der Waals surface area contributed by atoms with Crippen molar-refractivity contribution in [3.63, 3.8) is 0 Å². The molecule has 5 rings (SSSR count). The van der Waals surface area contributed by atoms with Crippen LogP contribution in [0.3, 0.4) is 0 Å². The van der Waals surface area contributed by atoms with Crippen LogP contribution in [0.1, 0.15) is 76.8 Å². The van der Waals surface area contributed by atoms with E-state index >= 15 is 0 Å². The summed E-state index contributed by atoms with van der Waals surface area (Å²) in [6.07, 6.45) is 9.34. The lowest BCUT2D eigenvalue weighted by Crippen LogP contribution is -2.57. The third-order valence-electron chi connectivity index (χ3n) is 8.32. The van der Waals surface area contributed by atoms with E-state index in [1.165, 1.54) is 56.3 Å². The number of carbonyl (C=O) groups excluding carboxylic acids is 1. The molecule has 1 amide bonds. The largest absolute Gasteiger partial charge is 0.443 e. The standard InChI is InChI=1S/C26H38N2O2/c1-18-9-10-22-21(15-18)26(17-28(22)24(29)30-25(2,3)4)11-13-27(14-12-26)23-16-19-7-5-6-8-20(19)23/h9-10,15,19-20,23H,5-8,11-14,16-17H2,1-4H3. The van der Waals surface area contributed by atoms with Gasteiger partial charge in [-0.2, -0.15) is 0 Å². The van der Waals surface area contributed by atoms with Gasteiger partial charge in [0, 0.05) is 18.0 Å². The quantitative estimate of drug-likeness (QED) is 0.599. The van der Waals surface area contributed by atoms with Gasteiger partial charge in [-0.05, 0) is 89.9 Å². The fraction of sp³-hybridized carbons (Fsp3) is 0.731. The van der Waals surface area contributed by atoms with Gasteiger partial charge < -0.3 is 9.64 Å². The molecule has 2 saturated carbocycles. The number of fused-ring (bicyclic) bond motifs is 3. The number of hydrogen-bond acceptors (Lipinski definition) is 3. The molecule has 2 aliphatic heterocycles. The van der Waals surface area contributed by atoms with Crippen molar-refractivity contribution in [3.8, 4) is 0 Å². The summed E-state index contributed by atoms with van der Waals surface area (Å²) in [5.41, 5.74) is 3.34. The molecular weight excluding hydrogens is 372 g/mol. The molecule has 0 aromatic heterocycles. The van der Waals surface area contributed by atoms with Gasteiger partial charge in [0.05, 0.1) is 5.69 Å². The van der Waals surface area contributed by atoms with Crippen molar-refractivity contribution in [2.75, 3.05) is 24.5 Å². The van der Waals surface area contributed by atoms with Crippen LogP contribution in [0.4, 0.5) is 10.5 Å². The van der Waals surface area contributed by atoms with Gasteiger partial charge in [-0.25, -0.2) is 4.79 Å². The molecule has 4 heteroatoms. The maximum absolute atomic E-state index is 13.0. The van der Waals surface area contributed by atoms with Crippen LogP contribution in [-0.2, 0) is 10.2 Å². The van der Waals surface area contributed by atoms with Crippen molar-refractivity contribution in [3.05, 3.63) is 29.3 Å². The van der Waals surface area contributed by atoms with Crippen LogP contribution in [0.15, 0.2) is 18.2 Å². The molecule has 0 N–H and O–H groups in total. The van der Waals surface area contributed by atoms with Crippen LogP contribution in [0, 0.1) is 18.8 Å². The molecule has 4 aliphatic rings. The lowest BCUT2D eigenvalue weighted by Gasteiger charge is -2.55. The monoisotopic (exact) mass is 410 g/mol. The molecule has 0 radical (unpaired) electrons. The van der Waals surface area contributed by atoms with Crippen molar-refractivity contribution in [1.29, 1.82) is 0 Å². The summed E-state index contributed by atoms with van der Waals surface area (Å²) in [7, 11) is 0. The number of nitrogens with zero attached hydrogens (tertiary/aromatic N) is 2. The third-order valence-corrected chi connectivity index (χ3v) is 8.32. The first-order chi connectivity index (χ1) is 14.3. The highest BCUT2D eigenvalue weighted by molar-refractivity contribution is 5.91. The normalized spacial score (nSPS) is 30.5. The van der Waals surface area contributed by atoms with Gasteiger partial charge in [0.2, 0.25) is 0 Å². The second kappa shape index (κ2) is 7.25. The predicted octanol–water partition coefficient (Wildman–Crippen LogP) is 5.66. The van der Waals surface area contributed by atoms with Crippen molar-refractivity contribution in [2.45, 2.75) is 89.7 Å². The number of ether oxygens (including phenoxy) is 1. The van der Waals surface area contributed by atoms with E-state index in [0.29, 0.717) is 0 Å². The number of benzene rings is 1. The SMILES string of the molecule is Cc1ccc2c(c1)C1(CCN(C3CC4CCCCC43)CC1)CN2C(=O)OC(C)(C)C. The van der Waals surface area contributed by atoms with Crippen LogP contribution in [-0.4, -0.2) is 42.3 Å². The molecule has 0 bridgehead atoms. The molecular formula is C26H38N2O2. The zero-order valence-corrected chi connectivity index (χ0v) is 19.2. The van der Waals surface area contributed by atoms with E-state index in [9.17, 15) is 4.79 Å². The predicted molar refractivity (Wildman–Crippen MR) is 121 cm³/mol. The Morgan fingerprint density at radius 2 is 1.87 bits per heavy atom. The number of rotatable bonds is 1. The van der Waals surface area contributed by atoms with Gasteiger partial charge in [0.1, 0.15) is 5.60 Å². The first kappa shape index (κ1) is 20.4. The highest BCUT2D eigenvalue weighted by atomic mass is 16.6. The van der Waals surface area contributed by atoms with Crippen LogP contribution >= 0.6 is 0 Å². The minimum absolute atomic E-state index is 0.0878. The maximum atomic E-state index is 13.0. The summed E-state index contributed by atoms with van der Waals surface area (Å²) in [5.74, 6) is 1.97. The van der Waals surface area contributed by atoms with Crippen molar-refractivity contribution in [1.82, 2.24) is 4.90 Å². The molecule has 1 saturated heterocycles. The Morgan fingerprint density at radius 3 is 2.57 bits per heavy atom. The van der Waals surface area contributed by atoms with E-state index in [2.05, 4.69) is 30.0 Å². The first-order valence-electron chi connectivity index (χ1n) is 12.1. The number of piperidine rings is 1. The van der Waals surface area contributed by atoms with Crippen LogP contribution in [0.2, 0.25) is 0 Å². The molecule has 4 nitrogen and oxygen atoms in total. The van der Waals surface area contributed by atoms with E-state index in [4.69, 9.17) is 4.74 Å². The molecule has 2 heterocycles. The lowest BCUT2D eigenvalue weighted by atomic mass is 9.61. The minimum Gasteiger partial charge on any atom is -0.443 e. The molecule has 3 unspecified atom stereocenters. The highest BCUT2D eigenvalue weighted by Gasteiger charge is 2.50. The van der Waals surface area contributed by atoms with E-state index in [0.717, 1.165) is 43.0 Å². The van der Waals surface area contributed by atoms with E-state index in [1.807, 2.05) is 25.7 Å². The summed E-state index contributed by atoms with van der Waals surface area (Å²) in [4.78, 5) is 17.7. The topological polar surface area (TPSA) is 32.8 Å². The summed E-state index contributed by atoms with van der Waals surface area (Å²) in [6.45, 7) is 11.1. The average Bonchev–Trinajstić information content (AvgIpc) is 2.97. The molecule has 2 aliphatic carbocycles. The van der Waals surface area contributed by atoms with E-state index in [-0.39, 0.29) is 11.5 Å². The van der Waals surface area contributed by atoms with Crippen molar-refractivity contribution < 1.29 is 9.53 Å². The van der Waals surface area contributed by atoms with E-state index in [1.54, 1.807) is 0 Å². The highest BCUT2D eigenvalue weighted by Crippen LogP contribution is 2.51. The third kappa shape index (κ3) is 3.45. The van der Waals surface area contributed by atoms with Gasteiger partial charge in [-0.3, -0.25) is 4.90 Å². The average molecular weight is 411 g/mol. The second-order valence-electron chi connectivity index (χ2n) is 11.4. The molecule has 1 aromatic carbocycles. The Hall–Kier alpha value is -1.55. The molecule has 30 heavy (non-hydrogen) atoms. The van der Waals surface area contributed by atoms with Gasteiger partial charge >= 0.3 is 6.09 Å². The smallest absolute Gasteiger partial charge is 0.414 e. The molecule has 3 atom stereocenters. The minimum atomic E-state index is -0.470. The number of carbonyl (C=O) groups is 1. The molecule has 1 spiro atoms. The van der Waals surface area contributed by atoms with Crippen LogP contribution in [0.25, 0.3) is 0 Å². The van der Waals surface area contributed by atoms with Crippen molar-refractivity contribution >= 4 is 11.8 Å². The molecule has 1 aromatic rings. The molecule has 164 valence electrons. The van der Waals surface area contributed by atoms with Gasteiger partial charge in [0.25, 0.3) is 0 Å². The lowest BCUT2D eigenvalue weighted by molar-refractivity contribution is -0.0382. The van der Waals surface area contributed by atoms with Gasteiger partial charge in [-0.15, -0.1) is 0 Å². The number of likely N-dealkylation sites (tertiary alicyclic amines) is 1. The Kier molecular flexibility index (Phi) is 4.92. The fourth-order valence-corrected chi connectivity index (χ4v) is 6.72. The van der Waals surface area contributed by atoms with Gasteiger partial charge in [0.15, 0.2) is 0 Å². The summed E-state index contributed by atoms with van der Waals surface area (Å²) in [6, 6.07) is 7.42. The second-order valence-corrected chi connectivity index (χ2v) is 11.4. The van der Waals surface area contributed by atoms with E-state index < -0.39 is 5.60 Å². The summed E-state index contributed by atoms with van der Waals surface area (Å²) >= 11 is 0. The van der Waals surface area contributed by atoms with Gasteiger partial charge in [-0.1, -0.05) is 37.0 Å². The Labute approximate surface area is 182 Å². The Balaban J connectivity index is 1.33.